The van der Waals surface area contributed by atoms with Crippen LogP contribution in [0.25, 0.3) is 0 Å². The Morgan fingerprint density at radius 3 is 3.11 bits per heavy atom. The van der Waals surface area contributed by atoms with Crippen LogP contribution in [0.4, 0.5) is 20.6 Å². The standard InChI is InChI=1S/C16H16FN5O5/c17-9-4-8(5-10-14(9)26-7-13(23)20-10)19-16(24)18-6-12-21-15(27-22-12)11-2-1-3-25-11/h4-5,11H,1-3,6-7H2,(H,20,23)(H2,18,19,24)/t11-/m1/s1. The number of ether oxygens (including phenoxy) is 2. The van der Waals surface area contributed by atoms with Gasteiger partial charge in [-0.25, -0.2) is 9.18 Å². The van der Waals surface area contributed by atoms with Crippen LogP contribution in [0.2, 0.25) is 0 Å². The topological polar surface area (TPSA) is 128 Å². The lowest BCUT2D eigenvalue weighted by atomic mass is 10.2. The predicted molar refractivity (Wildman–Crippen MR) is 88.6 cm³/mol. The lowest BCUT2D eigenvalue weighted by molar-refractivity contribution is -0.118. The van der Waals surface area contributed by atoms with Crippen molar-refractivity contribution in [3.05, 3.63) is 29.7 Å². The second kappa shape index (κ2) is 7.19. The molecule has 11 heteroatoms. The number of benzene rings is 1. The molecule has 4 rings (SSSR count). The van der Waals surface area contributed by atoms with Gasteiger partial charge in [0.15, 0.2) is 24.0 Å². The van der Waals surface area contributed by atoms with Crippen LogP contribution in [0, 0.1) is 5.82 Å². The molecule has 0 saturated carbocycles. The maximum Gasteiger partial charge on any atom is 0.319 e. The maximum atomic E-state index is 14.0. The number of nitrogens with zero attached hydrogens (tertiary/aromatic N) is 2. The average molecular weight is 377 g/mol. The van der Waals surface area contributed by atoms with Crippen molar-refractivity contribution in [1.29, 1.82) is 0 Å². The molecule has 2 aliphatic heterocycles. The molecule has 0 spiro atoms. The lowest BCUT2D eigenvalue weighted by Crippen LogP contribution is -2.29. The van der Waals surface area contributed by atoms with E-state index in [1.807, 2.05) is 0 Å². The molecule has 1 fully saturated rings. The van der Waals surface area contributed by atoms with E-state index in [1.165, 1.54) is 6.07 Å². The smallest absolute Gasteiger partial charge is 0.319 e. The Morgan fingerprint density at radius 1 is 1.41 bits per heavy atom. The molecule has 0 unspecified atom stereocenters. The number of carbonyl (C=O) groups excluding carboxylic acids is 2. The largest absolute Gasteiger partial charge is 0.478 e. The van der Waals surface area contributed by atoms with Crippen molar-refractivity contribution in [3.63, 3.8) is 0 Å². The van der Waals surface area contributed by atoms with Gasteiger partial charge in [-0.3, -0.25) is 4.79 Å². The third-order valence-electron chi connectivity index (χ3n) is 4.02. The molecule has 0 aliphatic carbocycles. The molecule has 3 amide bonds. The van der Waals surface area contributed by atoms with E-state index < -0.39 is 17.8 Å². The van der Waals surface area contributed by atoms with Gasteiger partial charge in [-0.2, -0.15) is 4.98 Å². The number of fused-ring (bicyclic) bond motifs is 1. The first-order valence-electron chi connectivity index (χ1n) is 8.33. The van der Waals surface area contributed by atoms with Crippen LogP contribution in [0.1, 0.15) is 30.7 Å². The fourth-order valence-corrected chi connectivity index (χ4v) is 2.81. The van der Waals surface area contributed by atoms with E-state index in [4.69, 9.17) is 14.0 Å². The molecule has 2 aromatic rings. The number of aromatic nitrogens is 2. The maximum absolute atomic E-state index is 14.0. The molecule has 1 saturated heterocycles. The number of carbonyl (C=O) groups is 2. The summed E-state index contributed by atoms with van der Waals surface area (Å²) in [4.78, 5) is 27.5. The highest BCUT2D eigenvalue weighted by atomic mass is 19.1. The van der Waals surface area contributed by atoms with Gasteiger partial charge in [0.25, 0.3) is 11.8 Å². The number of urea groups is 1. The van der Waals surface area contributed by atoms with E-state index in [-0.39, 0.29) is 36.4 Å². The van der Waals surface area contributed by atoms with E-state index in [9.17, 15) is 14.0 Å². The fraction of sp³-hybridized carbons (Fsp3) is 0.375. The minimum atomic E-state index is -0.692. The minimum absolute atomic E-state index is 0.0231. The number of hydrogen-bond donors (Lipinski definition) is 3. The van der Waals surface area contributed by atoms with Gasteiger partial charge in [-0.15, -0.1) is 0 Å². The highest BCUT2D eigenvalue weighted by Crippen LogP contribution is 2.33. The van der Waals surface area contributed by atoms with Gasteiger partial charge in [0.05, 0.1) is 12.2 Å². The number of rotatable bonds is 4. The van der Waals surface area contributed by atoms with E-state index in [2.05, 4.69) is 26.1 Å². The van der Waals surface area contributed by atoms with Gasteiger partial charge in [-0.1, -0.05) is 5.16 Å². The Labute approximate surface area is 152 Å². The Kier molecular flexibility index (Phi) is 4.59. The Bertz CT molecular complexity index is 880. The van der Waals surface area contributed by atoms with E-state index in [0.29, 0.717) is 18.3 Å². The molecule has 1 aromatic carbocycles. The summed E-state index contributed by atoms with van der Waals surface area (Å²) in [5.41, 5.74) is 0.309. The van der Waals surface area contributed by atoms with E-state index >= 15 is 0 Å². The molecule has 142 valence electrons. The van der Waals surface area contributed by atoms with Gasteiger partial charge in [-0.05, 0) is 18.9 Å². The molecule has 27 heavy (non-hydrogen) atoms. The molecule has 0 bridgehead atoms. The number of hydrogen-bond acceptors (Lipinski definition) is 7. The van der Waals surface area contributed by atoms with Crippen LogP contribution in [-0.4, -0.2) is 35.3 Å². The number of amides is 3. The van der Waals surface area contributed by atoms with Gasteiger partial charge < -0.3 is 29.9 Å². The lowest BCUT2D eigenvalue weighted by Gasteiger charge is -2.19. The molecule has 2 aliphatic rings. The molecular weight excluding hydrogens is 361 g/mol. The molecular formula is C16H16FN5O5. The molecule has 10 nitrogen and oxygen atoms in total. The average Bonchev–Trinajstić information content (AvgIpc) is 3.31. The summed E-state index contributed by atoms with van der Waals surface area (Å²) in [5.74, 6) is -0.469. The summed E-state index contributed by atoms with van der Waals surface area (Å²) >= 11 is 0. The quantitative estimate of drug-likeness (QED) is 0.740. The first-order valence-corrected chi connectivity index (χ1v) is 8.33. The normalized spacial score (nSPS) is 18.4. The van der Waals surface area contributed by atoms with Gasteiger partial charge >= 0.3 is 6.03 Å². The SMILES string of the molecule is O=C1COc2c(F)cc(NC(=O)NCc3noc([C@H]4CCCO4)n3)cc2N1. The van der Waals surface area contributed by atoms with Crippen LogP contribution in [-0.2, 0) is 16.1 Å². The fourth-order valence-electron chi connectivity index (χ4n) is 2.81. The van der Waals surface area contributed by atoms with Crippen molar-refractivity contribution in [2.45, 2.75) is 25.5 Å². The summed E-state index contributed by atoms with van der Waals surface area (Å²) in [5, 5.41) is 11.3. The molecule has 1 aromatic heterocycles. The van der Waals surface area contributed by atoms with Crippen molar-refractivity contribution in [3.8, 4) is 5.75 Å². The van der Waals surface area contributed by atoms with Crippen molar-refractivity contribution in [1.82, 2.24) is 15.5 Å². The first-order chi connectivity index (χ1) is 13.1. The van der Waals surface area contributed by atoms with Crippen LogP contribution in [0.5, 0.6) is 5.75 Å². The monoisotopic (exact) mass is 377 g/mol. The van der Waals surface area contributed by atoms with Crippen molar-refractivity contribution in [2.24, 2.45) is 0 Å². The summed E-state index contributed by atoms with van der Waals surface area (Å²) in [6.07, 6.45) is 1.56. The van der Waals surface area contributed by atoms with Crippen LogP contribution >= 0.6 is 0 Å². The van der Waals surface area contributed by atoms with Crippen LogP contribution in [0.15, 0.2) is 16.7 Å². The van der Waals surface area contributed by atoms with Crippen LogP contribution in [0.3, 0.4) is 0 Å². The van der Waals surface area contributed by atoms with Gasteiger partial charge in [0, 0.05) is 18.4 Å². The summed E-state index contributed by atoms with van der Waals surface area (Å²) in [6, 6.07) is 1.90. The molecule has 0 radical (unpaired) electrons. The molecule has 1 atom stereocenters. The predicted octanol–water partition coefficient (Wildman–Crippen LogP) is 1.71. The van der Waals surface area contributed by atoms with Gasteiger partial charge in [0.1, 0.15) is 6.10 Å². The number of nitrogens with one attached hydrogen (secondary N) is 3. The Balaban J connectivity index is 1.35. The second-order valence-electron chi connectivity index (χ2n) is 6.03. The third kappa shape index (κ3) is 3.82. The zero-order chi connectivity index (χ0) is 18.8. The highest BCUT2D eigenvalue weighted by molar-refractivity contribution is 5.97. The summed E-state index contributed by atoms with van der Waals surface area (Å²) in [7, 11) is 0. The minimum Gasteiger partial charge on any atom is -0.478 e. The van der Waals surface area contributed by atoms with E-state index in [0.717, 1.165) is 18.9 Å². The third-order valence-corrected chi connectivity index (χ3v) is 4.02. The van der Waals surface area contributed by atoms with E-state index in [1.54, 1.807) is 0 Å². The Morgan fingerprint density at radius 2 is 2.30 bits per heavy atom. The summed E-state index contributed by atoms with van der Waals surface area (Å²) in [6.45, 7) is 0.428. The zero-order valence-electron chi connectivity index (χ0n) is 14.1. The number of anilines is 2. The van der Waals surface area contributed by atoms with Crippen molar-refractivity contribution < 1.29 is 28.0 Å². The highest BCUT2D eigenvalue weighted by Gasteiger charge is 2.24. The van der Waals surface area contributed by atoms with Crippen molar-refractivity contribution in [2.75, 3.05) is 23.8 Å². The second-order valence-corrected chi connectivity index (χ2v) is 6.03. The van der Waals surface area contributed by atoms with Crippen molar-refractivity contribution >= 4 is 23.3 Å². The zero-order valence-corrected chi connectivity index (χ0v) is 14.1. The number of halogens is 1. The first kappa shape index (κ1) is 17.2. The van der Waals surface area contributed by atoms with Gasteiger partial charge in [0.2, 0.25) is 0 Å². The van der Waals surface area contributed by atoms with Crippen LogP contribution < -0.4 is 20.7 Å². The molecule has 3 heterocycles. The Hall–Kier alpha value is -3.21. The molecule has 3 N–H and O–H groups in total. The summed E-state index contributed by atoms with van der Waals surface area (Å²) < 4.78 is 29.6.